The maximum Gasteiger partial charge on any atom is 0.261 e. The minimum atomic E-state index is -3.76. The molecule has 104 valence electrons. The zero-order valence-corrected chi connectivity index (χ0v) is 12.4. The Bertz CT molecular complexity index is 621. The first-order chi connectivity index (χ1) is 8.71. The van der Waals surface area contributed by atoms with Crippen LogP contribution in [0.2, 0.25) is 0 Å². The molecule has 0 unspecified atom stereocenters. The molecular weight excluding hydrogens is 286 g/mol. The Hall–Kier alpha value is -1.07. The first-order valence-corrected chi connectivity index (χ1v) is 8.40. The molecule has 1 aromatic rings. The fraction of sp³-hybridized carbons (Fsp3) is 0.462. The highest BCUT2D eigenvalue weighted by Gasteiger charge is 2.33. The summed E-state index contributed by atoms with van der Waals surface area (Å²) in [6.45, 7) is 3.71. The van der Waals surface area contributed by atoms with E-state index in [9.17, 15) is 13.2 Å². The highest BCUT2D eigenvalue weighted by molar-refractivity contribution is 8.13. The number of hydrogen-bond acceptors (Lipinski definition) is 3. The third kappa shape index (κ3) is 3.09. The zero-order chi connectivity index (χ0) is 14.3. The highest BCUT2D eigenvalue weighted by atomic mass is 35.7. The molecule has 0 heterocycles. The largest absolute Gasteiger partial charge is 0.347 e. The van der Waals surface area contributed by atoms with E-state index in [0.717, 1.165) is 19.3 Å². The molecule has 0 bridgehead atoms. The molecule has 0 atom stereocenters. The van der Waals surface area contributed by atoms with Crippen LogP contribution in [0.4, 0.5) is 0 Å². The summed E-state index contributed by atoms with van der Waals surface area (Å²) in [5.41, 5.74) is 0.958. The lowest BCUT2D eigenvalue weighted by Crippen LogP contribution is -2.51. The molecular formula is C13H16ClNO3S. The fourth-order valence-corrected chi connectivity index (χ4v) is 3.05. The predicted octanol–water partition coefficient (Wildman–Crippen LogP) is 2.59. The lowest BCUT2D eigenvalue weighted by Gasteiger charge is -2.39. The number of carbonyl (C=O) groups is 1. The van der Waals surface area contributed by atoms with E-state index in [4.69, 9.17) is 10.7 Å². The van der Waals surface area contributed by atoms with Crippen molar-refractivity contribution < 1.29 is 13.2 Å². The normalized spacial score (nSPS) is 17.6. The average Bonchev–Trinajstić information content (AvgIpc) is 2.25. The number of aryl methyl sites for hydroxylation is 1. The van der Waals surface area contributed by atoms with Crippen molar-refractivity contribution in [1.82, 2.24) is 5.32 Å². The van der Waals surface area contributed by atoms with Crippen LogP contribution in [0.3, 0.4) is 0 Å². The van der Waals surface area contributed by atoms with E-state index in [1.165, 1.54) is 18.2 Å². The number of amides is 1. The van der Waals surface area contributed by atoms with Crippen molar-refractivity contribution in [2.75, 3.05) is 0 Å². The van der Waals surface area contributed by atoms with Crippen LogP contribution < -0.4 is 5.32 Å². The summed E-state index contributed by atoms with van der Waals surface area (Å²) in [5.74, 6) is -0.168. The fourth-order valence-electron chi connectivity index (χ4n) is 2.22. The van der Waals surface area contributed by atoms with Gasteiger partial charge in [-0.05, 0) is 56.9 Å². The van der Waals surface area contributed by atoms with Gasteiger partial charge in [0.1, 0.15) is 0 Å². The topological polar surface area (TPSA) is 63.2 Å². The molecule has 19 heavy (non-hydrogen) atoms. The van der Waals surface area contributed by atoms with Crippen LogP contribution in [0.15, 0.2) is 23.1 Å². The van der Waals surface area contributed by atoms with Gasteiger partial charge < -0.3 is 5.32 Å². The van der Waals surface area contributed by atoms with Gasteiger partial charge in [-0.1, -0.05) is 0 Å². The van der Waals surface area contributed by atoms with Crippen molar-refractivity contribution in [3.05, 3.63) is 29.3 Å². The van der Waals surface area contributed by atoms with Crippen LogP contribution >= 0.6 is 10.7 Å². The van der Waals surface area contributed by atoms with Crippen LogP contribution in [0.25, 0.3) is 0 Å². The second kappa shape index (κ2) is 4.80. The van der Waals surface area contributed by atoms with E-state index >= 15 is 0 Å². The average molecular weight is 302 g/mol. The molecule has 0 aromatic heterocycles. The summed E-state index contributed by atoms with van der Waals surface area (Å²) in [7, 11) is 1.52. The Morgan fingerprint density at radius 1 is 1.37 bits per heavy atom. The third-order valence-electron chi connectivity index (χ3n) is 3.60. The molecule has 2 rings (SSSR count). The van der Waals surface area contributed by atoms with Gasteiger partial charge in [0.2, 0.25) is 0 Å². The Balaban J connectivity index is 2.24. The number of hydrogen-bond donors (Lipinski definition) is 1. The van der Waals surface area contributed by atoms with Crippen molar-refractivity contribution >= 4 is 25.6 Å². The molecule has 0 spiro atoms. The van der Waals surface area contributed by atoms with Crippen LogP contribution in [-0.4, -0.2) is 19.9 Å². The van der Waals surface area contributed by atoms with Crippen molar-refractivity contribution in [3.8, 4) is 0 Å². The minimum absolute atomic E-state index is 0.0121. The molecule has 1 fully saturated rings. The molecule has 0 saturated heterocycles. The number of rotatable bonds is 3. The quantitative estimate of drug-likeness (QED) is 0.873. The van der Waals surface area contributed by atoms with Gasteiger partial charge in [-0.25, -0.2) is 8.42 Å². The SMILES string of the molecule is Cc1cc(S(=O)(=O)Cl)ccc1C(=O)NC1(C)CCC1. The minimum Gasteiger partial charge on any atom is -0.347 e. The molecule has 0 aliphatic heterocycles. The van der Waals surface area contributed by atoms with Gasteiger partial charge in [0.15, 0.2) is 0 Å². The molecule has 1 N–H and O–H groups in total. The van der Waals surface area contributed by atoms with Gasteiger partial charge in [-0.2, -0.15) is 0 Å². The molecule has 1 aliphatic carbocycles. The van der Waals surface area contributed by atoms with E-state index in [1.54, 1.807) is 6.92 Å². The van der Waals surface area contributed by atoms with Gasteiger partial charge in [0.05, 0.1) is 4.90 Å². The van der Waals surface area contributed by atoms with Crippen LogP contribution in [0.5, 0.6) is 0 Å². The predicted molar refractivity (Wildman–Crippen MR) is 73.9 cm³/mol. The smallest absolute Gasteiger partial charge is 0.261 e. The van der Waals surface area contributed by atoms with Crippen molar-refractivity contribution in [3.63, 3.8) is 0 Å². The lowest BCUT2D eigenvalue weighted by molar-refractivity contribution is 0.0849. The van der Waals surface area contributed by atoms with E-state index in [2.05, 4.69) is 5.32 Å². The van der Waals surface area contributed by atoms with E-state index in [-0.39, 0.29) is 16.3 Å². The summed E-state index contributed by atoms with van der Waals surface area (Å²) in [4.78, 5) is 12.2. The van der Waals surface area contributed by atoms with Crippen molar-refractivity contribution in [2.45, 2.75) is 43.5 Å². The summed E-state index contributed by atoms with van der Waals surface area (Å²) in [6.07, 6.45) is 3.08. The van der Waals surface area contributed by atoms with Gasteiger partial charge in [-0.15, -0.1) is 0 Å². The molecule has 1 saturated carbocycles. The summed E-state index contributed by atoms with van der Waals surface area (Å²) >= 11 is 0. The Morgan fingerprint density at radius 3 is 2.42 bits per heavy atom. The maximum absolute atomic E-state index is 12.1. The monoisotopic (exact) mass is 301 g/mol. The standard InChI is InChI=1S/C13H16ClNO3S/c1-9-8-10(19(14,17)18)4-5-11(9)12(16)15-13(2)6-3-7-13/h4-5,8H,3,6-7H2,1-2H3,(H,15,16). The van der Waals surface area contributed by atoms with E-state index in [1.807, 2.05) is 6.92 Å². The second-order valence-electron chi connectivity index (χ2n) is 5.28. The first kappa shape index (κ1) is 14.3. The maximum atomic E-state index is 12.1. The molecule has 1 aromatic carbocycles. The van der Waals surface area contributed by atoms with Crippen molar-refractivity contribution in [1.29, 1.82) is 0 Å². The van der Waals surface area contributed by atoms with E-state index in [0.29, 0.717) is 11.1 Å². The van der Waals surface area contributed by atoms with Gasteiger partial charge in [-0.3, -0.25) is 4.79 Å². The Kier molecular flexibility index (Phi) is 3.62. The molecule has 4 nitrogen and oxygen atoms in total. The second-order valence-corrected chi connectivity index (χ2v) is 7.85. The van der Waals surface area contributed by atoms with Crippen molar-refractivity contribution in [2.24, 2.45) is 0 Å². The first-order valence-electron chi connectivity index (χ1n) is 6.09. The van der Waals surface area contributed by atoms with Gasteiger partial charge >= 0.3 is 0 Å². The number of nitrogens with one attached hydrogen (secondary N) is 1. The molecule has 1 aliphatic rings. The van der Waals surface area contributed by atoms with Crippen LogP contribution in [0, 0.1) is 6.92 Å². The number of carbonyl (C=O) groups excluding carboxylic acids is 1. The third-order valence-corrected chi connectivity index (χ3v) is 4.95. The molecule has 6 heteroatoms. The van der Waals surface area contributed by atoms with Crippen LogP contribution in [0.1, 0.15) is 42.1 Å². The van der Waals surface area contributed by atoms with Gasteiger partial charge in [0.25, 0.3) is 15.0 Å². The Morgan fingerprint density at radius 2 is 2.00 bits per heavy atom. The number of halogens is 1. The Labute approximate surface area is 117 Å². The molecule has 0 radical (unpaired) electrons. The van der Waals surface area contributed by atoms with Crippen LogP contribution in [-0.2, 0) is 9.05 Å². The number of benzene rings is 1. The summed E-state index contributed by atoms with van der Waals surface area (Å²) in [6, 6.07) is 4.27. The van der Waals surface area contributed by atoms with Gasteiger partial charge in [0, 0.05) is 21.8 Å². The zero-order valence-electron chi connectivity index (χ0n) is 10.9. The molecule has 1 amide bonds. The summed E-state index contributed by atoms with van der Waals surface area (Å²) in [5, 5.41) is 2.99. The summed E-state index contributed by atoms with van der Waals surface area (Å²) < 4.78 is 22.4. The lowest BCUT2D eigenvalue weighted by atomic mass is 9.78. The van der Waals surface area contributed by atoms with E-state index < -0.39 is 9.05 Å². The highest BCUT2D eigenvalue weighted by Crippen LogP contribution is 2.31.